The lowest BCUT2D eigenvalue weighted by Crippen LogP contribution is -2.69. The number of carboxylic acids is 2. The number of carboxylic acid groups (broad SMARTS) is 2. The number of nitrogens with one attached hydrogen (secondary N) is 1. The van der Waals surface area contributed by atoms with Gasteiger partial charge in [0, 0.05) is 13.0 Å². The second-order valence-electron chi connectivity index (χ2n) is 6.16. The lowest BCUT2D eigenvalue weighted by atomic mass is 9.90. The third-order valence-electron chi connectivity index (χ3n) is 4.57. The van der Waals surface area contributed by atoms with Gasteiger partial charge in [-0.25, -0.2) is 0 Å². The molecule has 0 aromatic heterocycles. The molecule has 6 heteroatoms. The monoisotopic (exact) mass is 300 g/mol. The van der Waals surface area contributed by atoms with Crippen molar-refractivity contribution < 1.29 is 24.3 Å². The van der Waals surface area contributed by atoms with Crippen molar-refractivity contribution in [3.8, 4) is 0 Å². The normalized spacial score (nSPS) is 16.0. The molecule has 0 radical (unpaired) electrons. The van der Waals surface area contributed by atoms with Crippen LogP contribution in [-0.4, -0.2) is 60.3 Å². The average molecular weight is 300 g/mol. The van der Waals surface area contributed by atoms with Crippen LogP contribution in [0.15, 0.2) is 12.7 Å². The predicted octanol–water partition coefficient (Wildman–Crippen LogP) is -0.00960. The summed E-state index contributed by atoms with van der Waals surface area (Å²) in [6.07, 6.45) is 3.00. The summed E-state index contributed by atoms with van der Waals surface area (Å²) in [4.78, 5) is 22.5. The van der Waals surface area contributed by atoms with Crippen LogP contribution in [0.2, 0.25) is 0 Å². The van der Waals surface area contributed by atoms with Gasteiger partial charge >= 0.3 is 5.97 Å². The Bertz CT molecular complexity index is 382. The van der Waals surface area contributed by atoms with Crippen LogP contribution < -0.4 is 10.4 Å². The van der Waals surface area contributed by atoms with E-state index in [9.17, 15) is 14.7 Å². The van der Waals surface area contributed by atoms with Crippen LogP contribution in [0.5, 0.6) is 0 Å². The Morgan fingerprint density at radius 1 is 1.48 bits per heavy atom. The molecule has 0 aromatic carbocycles. The lowest BCUT2D eigenvalue weighted by molar-refractivity contribution is -0.953. The van der Waals surface area contributed by atoms with Gasteiger partial charge in [-0.2, -0.15) is 0 Å². The Hall–Kier alpha value is -1.40. The van der Waals surface area contributed by atoms with Crippen molar-refractivity contribution in [3.63, 3.8) is 0 Å². The summed E-state index contributed by atoms with van der Waals surface area (Å²) in [5.41, 5.74) is -1.46. The van der Waals surface area contributed by atoms with E-state index in [0.29, 0.717) is 0 Å². The summed E-state index contributed by atoms with van der Waals surface area (Å²) in [5.74, 6) is -2.46. The maximum absolute atomic E-state index is 11.5. The van der Waals surface area contributed by atoms with E-state index in [1.807, 2.05) is 6.92 Å². The van der Waals surface area contributed by atoms with Gasteiger partial charge in [0.2, 0.25) is 0 Å². The largest absolute Gasteiger partial charge is 0.544 e. The van der Waals surface area contributed by atoms with Gasteiger partial charge in [-0.05, 0) is 26.8 Å². The molecule has 2 unspecified atom stereocenters. The van der Waals surface area contributed by atoms with Gasteiger partial charge in [0.05, 0.1) is 20.1 Å². The smallest absolute Gasteiger partial charge is 0.310 e. The van der Waals surface area contributed by atoms with E-state index in [1.165, 1.54) is 6.92 Å². The first-order valence-corrected chi connectivity index (χ1v) is 7.18. The Balaban J connectivity index is 4.82. The second-order valence-corrected chi connectivity index (χ2v) is 6.16. The van der Waals surface area contributed by atoms with E-state index in [0.717, 1.165) is 25.9 Å². The summed E-state index contributed by atoms with van der Waals surface area (Å²) in [5, 5.41) is 23.7. The lowest BCUT2D eigenvalue weighted by Gasteiger charge is -2.50. The van der Waals surface area contributed by atoms with Crippen molar-refractivity contribution in [2.75, 3.05) is 27.2 Å². The maximum atomic E-state index is 11.5. The van der Waals surface area contributed by atoms with Crippen LogP contribution in [0, 0.1) is 0 Å². The van der Waals surface area contributed by atoms with E-state index >= 15 is 0 Å². The molecule has 122 valence electrons. The molecular formula is C15H28N2O4. The summed E-state index contributed by atoms with van der Waals surface area (Å²) in [6.45, 7) is 8.56. The average Bonchev–Trinajstić information content (AvgIpc) is 2.36. The number of likely N-dealkylation sites (N-methyl/N-ethyl adjacent to an activating group) is 1. The Labute approximate surface area is 127 Å². The molecule has 0 saturated heterocycles. The highest BCUT2D eigenvalue weighted by atomic mass is 16.4. The van der Waals surface area contributed by atoms with Crippen LogP contribution in [0.4, 0.5) is 0 Å². The predicted molar refractivity (Wildman–Crippen MR) is 79.5 cm³/mol. The van der Waals surface area contributed by atoms with Crippen molar-refractivity contribution in [2.45, 2.75) is 44.7 Å². The van der Waals surface area contributed by atoms with Crippen molar-refractivity contribution in [2.24, 2.45) is 0 Å². The van der Waals surface area contributed by atoms with E-state index in [4.69, 9.17) is 5.11 Å². The Morgan fingerprint density at radius 2 is 2.05 bits per heavy atom. The van der Waals surface area contributed by atoms with E-state index < -0.39 is 23.9 Å². The van der Waals surface area contributed by atoms with Crippen LogP contribution in [0.1, 0.15) is 33.1 Å². The van der Waals surface area contributed by atoms with Gasteiger partial charge in [-0.15, -0.1) is 6.58 Å². The minimum Gasteiger partial charge on any atom is -0.544 e. The molecule has 0 fully saturated rings. The molecule has 0 heterocycles. The fraction of sp³-hybridized carbons (Fsp3) is 0.733. The molecule has 0 aromatic rings. The standard InChI is InChI=1S/C15H28N2O4/c1-6-9-16-10-7-8-12(2)17(4,5)15(3,14(20)21)11-13(18)19/h6,12,16H,1,7-11H2,2-5H3,(H-,18,19,20,21). The van der Waals surface area contributed by atoms with Crippen LogP contribution in [0.3, 0.4) is 0 Å². The quantitative estimate of drug-likeness (QED) is 0.318. The number of aliphatic carboxylic acids is 2. The minimum absolute atomic E-state index is 0.00205. The molecule has 2 N–H and O–H groups in total. The number of nitrogens with zero attached hydrogens (tertiary/aromatic N) is 1. The molecule has 0 bridgehead atoms. The highest BCUT2D eigenvalue weighted by Crippen LogP contribution is 2.29. The second kappa shape index (κ2) is 8.14. The van der Waals surface area contributed by atoms with Gasteiger partial charge in [-0.1, -0.05) is 6.08 Å². The molecule has 2 atom stereocenters. The van der Waals surface area contributed by atoms with Crippen molar-refractivity contribution in [1.82, 2.24) is 5.32 Å². The van der Waals surface area contributed by atoms with Crippen LogP contribution in [0.25, 0.3) is 0 Å². The van der Waals surface area contributed by atoms with Crippen molar-refractivity contribution in [3.05, 3.63) is 12.7 Å². The van der Waals surface area contributed by atoms with E-state index in [1.54, 1.807) is 20.2 Å². The molecule has 0 rings (SSSR count). The SMILES string of the molecule is C=CCNCCCC(C)[N+](C)(C)C(C)(CC(=O)O)C(=O)[O-]. The molecule has 0 amide bonds. The minimum atomic E-state index is -1.46. The van der Waals surface area contributed by atoms with E-state index in [-0.39, 0.29) is 10.5 Å². The highest BCUT2D eigenvalue weighted by molar-refractivity contribution is 5.82. The molecule has 0 saturated carbocycles. The van der Waals surface area contributed by atoms with Gasteiger partial charge in [-0.3, -0.25) is 4.79 Å². The zero-order valence-electron chi connectivity index (χ0n) is 13.5. The number of quaternary nitrogens is 1. The number of hydrogen-bond acceptors (Lipinski definition) is 4. The third kappa shape index (κ3) is 5.13. The molecule has 0 aliphatic rings. The van der Waals surface area contributed by atoms with Gasteiger partial charge in [0.25, 0.3) is 0 Å². The Morgan fingerprint density at radius 3 is 2.48 bits per heavy atom. The molecule has 0 aliphatic heterocycles. The first kappa shape index (κ1) is 19.6. The number of carbonyl (C=O) groups excluding carboxylic acids is 1. The number of rotatable bonds is 11. The molecule has 0 aliphatic carbocycles. The van der Waals surface area contributed by atoms with E-state index in [2.05, 4.69) is 11.9 Å². The molecule has 0 spiro atoms. The van der Waals surface area contributed by atoms with Gasteiger partial charge in [0.15, 0.2) is 0 Å². The fourth-order valence-electron chi connectivity index (χ4n) is 2.34. The van der Waals surface area contributed by atoms with Crippen molar-refractivity contribution >= 4 is 11.9 Å². The summed E-state index contributed by atoms with van der Waals surface area (Å²) < 4.78 is 0.0725. The molecule has 21 heavy (non-hydrogen) atoms. The first-order chi connectivity index (χ1) is 9.59. The molecular weight excluding hydrogens is 272 g/mol. The van der Waals surface area contributed by atoms with Crippen LogP contribution >= 0.6 is 0 Å². The summed E-state index contributed by atoms with van der Waals surface area (Å²) >= 11 is 0. The Kier molecular flexibility index (Phi) is 7.60. The van der Waals surface area contributed by atoms with Gasteiger partial charge < -0.3 is 24.8 Å². The highest BCUT2D eigenvalue weighted by Gasteiger charge is 2.47. The fourth-order valence-corrected chi connectivity index (χ4v) is 2.34. The number of carbonyl (C=O) groups is 2. The summed E-state index contributed by atoms with van der Waals surface area (Å²) in [6, 6.07) is -0.00205. The topological polar surface area (TPSA) is 89.5 Å². The zero-order chi connectivity index (χ0) is 16.7. The third-order valence-corrected chi connectivity index (χ3v) is 4.57. The van der Waals surface area contributed by atoms with Crippen LogP contribution in [-0.2, 0) is 9.59 Å². The number of hydrogen-bond donors (Lipinski definition) is 2. The van der Waals surface area contributed by atoms with Gasteiger partial charge in [0.1, 0.15) is 17.9 Å². The summed E-state index contributed by atoms with van der Waals surface area (Å²) in [7, 11) is 3.50. The molecule has 6 nitrogen and oxygen atoms in total. The first-order valence-electron chi connectivity index (χ1n) is 7.18. The zero-order valence-corrected chi connectivity index (χ0v) is 13.5. The van der Waals surface area contributed by atoms with Crippen molar-refractivity contribution in [1.29, 1.82) is 0 Å². The maximum Gasteiger partial charge on any atom is 0.310 e.